The lowest BCUT2D eigenvalue weighted by Gasteiger charge is -2.14. The van der Waals surface area contributed by atoms with E-state index in [1.807, 2.05) is 29.0 Å². The Morgan fingerprint density at radius 1 is 1.07 bits per heavy atom. The van der Waals surface area contributed by atoms with Crippen LogP contribution < -0.4 is 19.5 Å². The Hall–Kier alpha value is -3.06. The first-order chi connectivity index (χ1) is 13.2. The van der Waals surface area contributed by atoms with Crippen LogP contribution in [0.3, 0.4) is 0 Å². The van der Waals surface area contributed by atoms with Gasteiger partial charge in [0.15, 0.2) is 11.5 Å². The molecule has 0 saturated heterocycles. The van der Waals surface area contributed by atoms with Crippen molar-refractivity contribution >= 4 is 17.2 Å². The highest BCUT2D eigenvalue weighted by Gasteiger charge is 2.17. The summed E-state index contributed by atoms with van der Waals surface area (Å²) in [4.78, 5) is 17.0. The lowest BCUT2D eigenvalue weighted by atomic mass is 10.1. The molecule has 0 spiro atoms. The third-order valence-corrected chi connectivity index (χ3v) is 4.70. The van der Waals surface area contributed by atoms with Crippen LogP contribution in [-0.2, 0) is 6.54 Å². The number of hydrogen-bond acceptors (Lipinski definition) is 6. The third kappa shape index (κ3) is 4.20. The fourth-order valence-electron chi connectivity index (χ4n) is 2.65. The zero-order valence-corrected chi connectivity index (χ0v) is 16.1. The average Bonchev–Trinajstić information content (AvgIpc) is 3.26. The molecular weight excluding hydrogens is 364 g/mol. The molecule has 0 aliphatic carbocycles. The van der Waals surface area contributed by atoms with Crippen LogP contribution in [0, 0.1) is 0 Å². The minimum atomic E-state index is -0.233. The number of pyridine rings is 1. The maximum Gasteiger partial charge on any atom is 0.251 e. The highest BCUT2D eigenvalue weighted by atomic mass is 32.1. The van der Waals surface area contributed by atoms with Crippen LogP contribution in [0.15, 0.2) is 47.3 Å². The number of carbonyl (C=O) groups is 1. The number of nitrogens with zero attached hydrogens (tertiary/aromatic N) is 1. The molecule has 140 valence electrons. The molecule has 0 aliphatic rings. The number of benzene rings is 1. The van der Waals surface area contributed by atoms with Gasteiger partial charge in [-0.2, -0.15) is 11.3 Å². The van der Waals surface area contributed by atoms with Crippen molar-refractivity contribution in [2.45, 2.75) is 6.54 Å². The van der Waals surface area contributed by atoms with E-state index in [9.17, 15) is 4.79 Å². The highest BCUT2D eigenvalue weighted by molar-refractivity contribution is 7.08. The molecule has 3 aromatic rings. The van der Waals surface area contributed by atoms with Gasteiger partial charge in [0.05, 0.1) is 27.0 Å². The van der Waals surface area contributed by atoms with Gasteiger partial charge in [-0.25, -0.2) is 0 Å². The zero-order chi connectivity index (χ0) is 19.2. The molecule has 2 heterocycles. The fraction of sp³-hybridized carbons (Fsp3) is 0.200. The Morgan fingerprint density at radius 2 is 1.81 bits per heavy atom. The molecule has 27 heavy (non-hydrogen) atoms. The second-order valence-electron chi connectivity index (χ2n) is 5.66. The number of rotatable bonds is 7. The van der Waals surface area contributed by atoms with Crippen molar-refractivity contribution in [3.63, 3.8) is 0 Å². The van der Waals surface area contributed by atoms with E-state index in [1.54, 1.807) is 29.7 Å². The van der Waals surface area contributed by atoms with Gasteiger partial charge in [0.25, 0.3) is 5.91 Å². The summed E-state index contributed by atoms with van der Waals surface area (Å²) in [5.74, 6) is 1.09. The molecule has 0 radical (unpaired) electrons. The Kier molecular flexibility index (Phi) is 5.93. The number of thiophene rings is 1. The van der Waals surface area contributed by atoms with E-state index in [2.05, 4.69) is 10.3 Å². The minimum Gasteiger partial charge on any atom is -0.493 e. The standard InChI is InChI=1S/C20H20N2O4S/c1-24-17-9-15(10-18(25-2)19(17)26-3)20(23)22-11-13-4-6-21-16(8-13)14-5-7-27-12-14/h4-10,12H,11H2,1-3H3,(H,22,23). The summed E-state index contributed by atoms with van der Waals surface area (Å²) in [7, 11) is 4.55. The monoisotopic (exact) mass is 384 g/mol. The van der Waals surface area contributed by atoms with Crippen LogP contribution >= 0.6 is 11.3 Å². The van der Waals surface area contributed by atoms with E-state index >= 15 is 0 Å². The number of amides is 1. The molecule has 0 atom stereocenters. The molecule has 0 fully saturated rings. The quantitative estimate of drug-likeness (QED) is 0.672. The van der Waals surface area contributed by atoms with Crippen molar-refractivity contribution in [2.75, 3.05) is 21.3 Å². The number of hydrogen-bond donors (Lipinski definition) is 1. The Balaban J connectivity index is 1.76. The predicted octanol–water partition coefficient (Wildman–Crippen LogP) is 3.77. The van der Waals surface area contributed by atoms with Crippen molar-refractivity contribution in [1.29, 1.82) is 0 Å². The Bertz CT molecular complexity index is 900. The van der Waals surface area contributed by atoms with E-state index in [1.165, 1.54) is 21.3 Å². The van der Waals surface area contributed by atoms with E-state index in [-0.39, 0.29) is 5.91 Å². The van der Waals surface area contributed by atoms with E-state index in [0.29, 0.717) is 29.4 Å². The molecule has 7 heteroatoms. The summed E-state index contributed by atoms with van der Waals surface area (Å²) in [6.45, 7) is 0.384. The predicted molar refractivity (Wildman–Crippen MR) is 105 cm³/mol. The first kappa shape index (κ1) is 18.7. The number of aromatic nitrogens is 1. The molecule has 0 saturated carbocycles. The Morgan fingerprint density at radius 3 is 2.41 bits per heavy atom. The summed E-state index contributed by atoms with van der Waals surface area (Å²) in [5.41, 5.74) is 3.34. The summed E-state index contributed by atoms with van der Waals surface area (Å²) in [6, 6.07) is 9.12. The van der Waals surface area contributed by atoms with Gasteiger partial charge in [-0.15, -0.1) is 0 Å². The van der Waals surface area contributed by atoms with Gasteiger partial charge in [-0.05, 0) is 41.3 Å². The minimum absolute atomic E-state index is 0.233. The molecule has 1 amide bonds. The first-order valence-corrected chi connectivity index (χ1v) is 9.16. The van der Waals surface area contributed by atoms with Crippen molar-refractivity contribution in [3.8, 4) is 28.5 Å². The Labute approximate surface area is 161 Å². The lowest BCUT2D eigenvalue weighted by Crippen LogP contribution is -2.23. The molecule has 2 aromatic heterocycles. The lowest BCUT2D eigenvalue weighted by molar-refractivity contribution is 0.0950. The second kappa shape index (κ2) is 8.55. The van der Waals surface area contributed by atoms with Crippen molar-refractivity contribution in [3.05, 3.63) is 58.4 Å². The van der Waals surface area contributed by atoms with Gasteiger partial charge < -0.3 is 19.5 Å². The van der Waals surface area contributed by atoms with E-state index in [4.69, 9.17) is 14.2 Å². The van der Waals surface area contributed by atoms with Crippen molar-refractivity contribution in [2.24, 2.45) is 0 Å². The topological polar surface area (TPSA) is 69.7 Å². The molecule has 1 aromatic carbocycles. The zero-order valence-electron chi connectivity index (χ0n) is 15.3. The second-order valence-corrected chi connectivity index (χ2v) is 6.44. The van der Waals surface area contributed by atoms with Crippen LogP contribution in [0.2, 0.25) is 0 Å². The van der Waals surface area contributed by atoms with Crippen LogP contribution in [0.5, 0.6) is 17.2 Å². The number of ether oxygens (including phenoxy) is 3. The number of methoxy groups -OCH3 is 3. The third-order valence-electron chi connectivity index (χ3n) is 4.02. The molecular formula is C20H20N2O4S. The molecule has 6 nitrogen and oxygen atoms in total. The first-order valence-electron chi connectivity index (χ1n) is 8.22. The molecule has 0 bridgehead atoms. The van der Waals surface area contributed by atoms with Gasteiger partial charge in [-0.1, -0.05) is 0 Å². The number of carbonyl (C=O) groups excluding carboxylic acids is 1. The van der Waals surface area contributed by atoms with Crippen LogP contribution in [0.25, 0.3) is 11.3 Å². The molecule has 3 rings (SSSR count). The summed E-state index contributed by atoms with van der Waals surface area (Å²) in [5, 5.41) is 6.96. The largest absolute Gasteiger partial charge is 0.493 e. The maximum atomic E-state index is 12.6. The van der Waals surface area contributed by atoms with Crippen molar-refractivity contribution < 1.29 is 19.0 Å². The SMILES string of the molecule is COc1cc(C(=O)NCc2ccnc(-c3ccsc3)c2)cc(OC)c1OC. The van der Waals surface area contributed by atoms with Gasteiger partial charge in [0.1, 0.15) is 0 Å². The van der Waals surface area contributed by atoms with Crippen LogP contribution in [0.1, 0.15) is 15.9 Å². The van der Waals surface area contributed by atoms with Crippen LogP contribution in [-0.4, -0.2) is 32.2 Å². The average molecular weight is 384 g/mol. The molecule has 0 unspecified atom stereocenters. The van der Waals surface area contributed by atoms with E-state index < -0.39 is 0 Å². The van der Waals surface area contributed by atoms with Crippen molar-refractivity contribution in [1.82, 2.24) is 10.3 Å². The summed E-state index contributed by atoms with van der Waals surface area (Å²) < 4.78 is 15.9. The van der Waals surface area contributed by atoms with Gasteiger partial charge in [0.2, 0.25) is 5.75 Å². The number of nitrogens with one attached hydrogen (secondary N) is 1. The van der Waals surface area contributed by atoms with Crippen LogP contribution in [0.4, 0.5) is 0 Å². The summed E-state index contributed by atoms with van der Waals surface area (Å²) in [6.07, 6.45) is 1.74. The van der Waals surface area contributed by atoms with Gasteiger partial charge in [-0.3, -0.25) is 9.78 Å². The van der Waals surface area contributed by atoms with Gasteiger partial charge in [0, 0.05) is 29.2 Å². The van der Waals surface area contributed by atoms with Gasteiger partial charge >= 0.3 is 0 Å². The van der Waals surface area contributed by atoms with E-state index in [0.717, 1.165) is 16.8 Å². The highest BCUT2D eigenvalue weighted by Crippen LogP contribution is 2.38. The normalized spacial score (nSPS) is 10.3. The maximum absolute atomic E-state index is 12.6. The summed E-state index contributed by atoms with van der Waals surface area (Å²) >= 11 is 1.62. The smallest absolute Gasteiger partial charge is 0.251 e. The molecule has 0 aliphatic heterocycles. The fourth-order valence-corrected chi connectivity index (χ4v) is 3.30. The molecule has 1 N–H and O–H groups in total.